The fourth-order valence-corrected chi connectivity index (χ4v) is 2.06. The van der Waals surface area contributed by atoms with Crippen LogP contribution in [0.5, 0.6) is 5.88 Å². The van der Waals surface area contributed by atoms with E-state index in [9.17, 15) is 4.79 Å². The molecule has 132 valence electrons. The molecule has 8 heteroatoms. The molecule has 7 nitrogen and oxygen atoms in total. The molecule has 0 aliphatic heterocycles. The number of hydrogen-bond acceptors (Lipinski definition) is 5. The highest BCUT2D eigenvalue weighted by Gasteiger charge is 2.09. The summed E-state index contributed by atoms with van der Waals surface area (Å²) < 4.78 is 7.31. The van der Waals surface area contributed by atoms with Crippen molar-refractivity contribution in [2.24, 2.45) is 5.16 Å². The van der Waals surface area contributed by atoms with E-state index in [1.807, 2.05) is 12.1 Å². The summed E-state index contributed by atoms with van der Waals surface area (Å²) in [5.74, 6) is 0.194. The van der Waals surface area contributed by atoms with Crippen molar-refractivity contribution in [3.63, 3.8) is 0 Å². The highest BCUT2D eigenvalue weighted by atomic mass is 35.5. The topological polar surface area (TPSA) is 77.7 Å². The second kappa shape index (κ2) is 8.89. The van der Waals surface area contributed by atoms with Gasteiger partial charge in [-0.1, -0.05) is 16.8 Å². The van der Waals surface area contributed by atoms with Gasteiger partial charge in [-0.15, -0.1) is 5.10 Å². The van der Waals surface area contributed by atoms with Crippen LogP contribution in [0.25, 0.3) is 5.69 Å². The van der Waals surface area contributed by atoms with Gasteiger partial charge in [0.1, 0.15) is 19.4 Å². The first-order valence-corrected chi connectivity index (χ1v) is 7.86. The zero-order chi connectivity index (χ0) is 18.2. The third kappa shape index (κ3) is 5.36. The Morgan fingerprint density at radius 2 is 2.08 bits per heavy atom. The highest BCUT2D eigenvalue weighted by Crippen LogP contribution is 2.15. The number of nitrogens with zero attached hydrogens (tertiary/aromatic N) is 3. The number of carbonyl (C=O) groups excluding carboxylic acids is 1. The summed E-state index contributed by atoms with van der Waals surface area (Å²) in [7, 11) is 2.99. The molecule has 0 fully saturated rings. The molecule has 0 saturated carbocycles. The van der Waals surface area contributed by atoms with E-state index >= 15 is 0 Å². The summed E-state index contributed by atoms with van der Waals surface area (Å²) in [5, 5.41) is 11.4. The largest absolute Gasteiger partial charge is 0.470 e. The van der Waals surface area contributed by atoms with E-state index < -0.39 is 0 Å². The first-order chi connectivity index (χ1) is 12.0. The molecule has 0 atom stereocenters. The number of carbonyl (C=O) groups is 1. The number of nitrogens with one attached hydrogen (secondary N) is 1. The molecule has 0 aliphatic rings. The van der Waals surface area contributed by atoms with E-state index in [4.69, 9.17) is 21.2 Å². The van der Waals surface area contributed by atoms with Crippen molar-refractivity contribution in [1.82, 2.24) is 15.1 Å². The molecule has 2 aromatic rings. The van der Waals surface area contributed by atoms with Gasteiger partial charge < -0.3 is 14.9 Å². The highest BCUT2D eigenvalue weighted by molar-refractivity contribution is 6.30. The van der Waals surface area contributed by atoms with Gasteiger partial charge in [-0.3, -0.25) is 4.79 Å². The molecule has 0 bridgehead atoms. The van der Waals surface area contributed by atoms with Crippen molar-refractivity contribution in [3.8, 4) is 11.6 Å². The maximum absolute atomic E-state index is 11.4. The SMILES string of the molecule is CNC(=O)/C=C(C)\C(COc1ccn(-c2ccc(Cl)cc2)n1)=N/OC. The van der Waals surface area contributed by atoms with Gasteiger partial charge >= 0.3 is 0 Å². The molecule has 0 unspecified atom stereocenters. The molecule has 0 aliphatic carbocycles. The van der Waals surface area contributed by atoms with Gasteiger partial charge in [0.05, 0.1) is 5.69 Å². The molecule has 1 N–H and O–H groups in total. The van der Waals surface area contributed by atoms with E-state index in [0.717, 1.165) is 5.69 Å². The summed E-state index contributed by atoms with van der Waals surface area (Å²) in [5.41, 5.74) is 1.99. The molecule has 2 rings (SSSR count). The van der Waals surface area contributed by atoms with Crippen LogP contribution < -0.4 is 10.1 Å². The fraction of sp³-hybridized carbons (Fsp3) is 0.235. The van der Waals surface area contributed by atoms with Crippen LogP contribution in [0.2, 0.25) is 5.02 Å². The Bertz CT molecular complexity index is 781. The number of amides is 1. The summed E-state index contributed by atoms with van der Waals surface area (Å²) in [6.07, 6.45) is 3.20. The number of ether oxygens (including phenoxy) is 1. The second-order valence-corrected chi connectivity index (χ2v) is 5.46. The predicted octanol–water partition coefficient (Wildman–Crippen LogP) is 2.60. The molecular formula is C17H19ClN4O3. The van der Waals surface area contributed by atoms with Crippen molar-refractivity contribution in [3.05, 3.63) is 53.2 Å². The van der Waals surface area contributed by atoms with E-state index in [2.05, 4.69) is 15.6 Å². The van der Waals surface area contributed by atoms with E-state index in [-0.39, 0.29) is 12.5 Å². The molecule has 0 saturated heterocycles. The van der Waals surface area contributed by atoms with Crippen LogP contribution >= 0.6 is 11.6 Å². The third-order valence-electron chi connectivity index (χ3n) is 3.26. The molecule has 1 heterocycles. The Kier molecular flexibility index (Phi) is 6.59. The van der Waals surface area contributed by atoms with Crippen LogP contribution in [0.4, 0.5) is 0 Å². The maximum Gasteiger partial charge on any atom is 0.244 e. The zero-order valence-corrected chi connectivity index (χ0v) is 14.9. The summed E-state index contributed by atoms with van der Waals surface area (Å²) in [6, 6.07) is 9.02. The lowest BCUT2D eigenvalue weighted by atomic mass is 10.2. The standard InChI is InChI=1S/C17H19ClN4O3/c1-12(10-16(23)19-2)15(21-24-3)11-25-17-8-9-22(20-17)14-6-4-13(18)5-7-14/h4-10H,11H2,1-3H3,(H,19,23)/b12-10-,21-15-. The normalized spacial score (nSPS) is 12.0. The van der Waals surface area contributed by atoms with Crippen LogP contribution in [0.3, 0.4) is 0 Å². The monoisotopic (exact) mass is 362 g/mol. The molecule has 0 radical (unpaired) electrons. The minimum absolute atomic E-state index is 0.116. The predicted molar refractivity (Wildman–Crippen MR) is 96.3 cm³/mol. The van der Waals surface area contributed by atoms with Crippen LogP contribution in [0.15, 0.2) is 53.3 Å². The van der Waals surface area contributed by atoms with Crippen molar-refractivity contribution in [1.29, 1.82) is 0 Å². The van der Waals surface area contributed by atoms with Gasteiger partial charge in [0.2, 0.25) is 11.8 Å². The Balaban J connectivity index is 2.06. The minimum Gasteiger partial charge on any atom is -0.470 e. The Morgan fingerprint density at radius 1 is 1.36 bits per heavy atom. The van der Waals surface area contributed by atoms with Gasteiger partial charge in [-0.25, -0.2) is 4.68 Å². The Labute approximate surface area is 150 Å². The smallest absolute Gasteiger partial charge is 0.244 e. The molecule has 1 amide bonds. The molecule has 1 aromatic carbocycles. The van der Waals surface area contributed by atoms with Gasteiger partial charge in [0.25, 0.3) is 0 Å². The lowest BCUT2D eigenvalue weighted by Crippen LogP contribution is -2.19. The number of benzene rings is 1. The average Bonchev–Trinajstić information content (AvgIpc) is 3.07. The average molecular weight is 363 g/mol. The van der Waals surface area contributed by atoms with E-state index in [1.165, 1.54) is 13.2 Å². The van der Waals surface area contributed by atoms with Crippen LogP contribution in [0, 0.1) is 0 Å². The summed E-state index contributed by atoms with van der Waals surface area (Å²) >= 11 is 5.88. The van der Waals surface area contributed by atoms with Crippen molar-refractivity contribution in [2.45, 2.75) is 6.92 Å². The van der Waals surface area contributed by atoms with Gasteiger partial charge in [-0.05, 0) is 36.8 Å². The molecule has 0 spiro atoms. The van der Waals surface area contributed by atoms with E-state index in [1.54, 1.807) is 43.0 Å². The zero-order valence-electron chi connectivity index (χ0n) is 14.2. The van der Waals surface area contributed by atoms with Gasteiger partial charge in [0, 0.05) is 30.4 Å². The van der Waals surface area contributed by atoms with E-state index in [0.29, 0.717) is 22.2 Å². The third-order valence-corrected chi connectivity index (χ3v) is 3.52. The Morgan fingerprint density at radius 3 is 2.72 bits per heavy atom. The van der Waals surface area contributed by atoms with Crippen molar-refractivity contribution >= 4 is 23.2 Å². The van der Waals surface area contributed by atoms with Crippen LogP contribution in [-0.2, 0) is 9.63 Å². The molecule has 1 aromatic heterocycles. The maximum atomic E-state index is 11.4. The quantitative estimate of drug-likeness (QED) is 0.466. The molecular weight excluding hydrogens is 344 g/mol. The van der Waals surface area contributed by atoms with Gasteiger partial charge in [0.15, 0.2) is 0 Å². The number of aromatic nitrogens is 2. The van der Waals surface area contributed by atoms with Crippen LogP contribution in [0.1, 0.15) is 6.92 Å². The first kappa shape index (κ1) is 18.5. The number of halogens is 1. The lowest BCUT2D eigenvalue weighted by molar-refractivity contribution is -0.116. The molecule has 25 heavy (non-hydrogen) atoms. The lowest BCUT2D eigenvalue weighted by Gasteiger charge is -2.07. The first-order valence-electron chi connectivity index (χ1n) is 7.48. The summed E-state index contributed by atoms with van der Waals surface area (Å²) in [6.45, 7) is 1.87. The fourth-order valence-electron chi connectivity index (χ4n) is 1.94. The van der Waals surface area contributed by atoms with Crippen LogP contribution in [-0.4, -0.2) is 42.2 Å². The van der Waals surface area contributed by atoms with Crippen molar-refractivity contribution < 1.29 is 14.4 Å². The number of rotatable bonds is 7. The summed E-state index contributed by atoms with van der Waals surface area (Å²) in [4.78, 5) is 16.3. The Hall–Kier alpha value is -2.80. The minimum atomic E-state index is -0.228. The number of hydrogen-bond donors (Lipinski definition) is 1. The van der Waals surface area contributed by atoms with Crippen molar-refractivity contribution in [2.75, 3.05) is 20.8 Å². The second-order valence-electron chi connectivity index (χ2n) is 5.03. The number of oxime groups is 1. The number of likely N-dealkylation sites (N-methyl/N-ethyl adjacent to an activating group) is 1. The van der Waals surface area contributed by atoms with Gasteiger partial charge in [-0.2, -0.15) is 0 Å².